The summed E-state index contributed by atoms with van der Waals surface area (Å²) in [5, 5.41) is 3.16. The third-order valence-corrected chi connectivity index (χ3v) is 5.89. The quantitative estimate of drug-likeness (QED) is 0.666. The molecule has 0 radical (unpaired) electrons. The number of carbonyl (C=O) groups excluding carboxylic acids is 3. The highest BCUT2D eigenvalue weighted by molar-refractivity contribution is 7.16. The first kappa shape index (κ1) is 19.0. The van der Waals surface area contributed by atoms with Crippen molar-refractivity contribution in [3.8, 4) is 11.3 Å². The van der Waals surface area contributed by atoms with Crippen LogP contribution in [0.3, 0.4) is 0 Å². The normalized spacial score (nSPS) is 13.0. The summed E-state index contributed by atoms with van der Waals surface area (Å²) in [5.41, 5.74) is 4.83. The maximum atomic E-state index is 12.5. The van der Waals surface area contributed by atoms with Crippen LogP contribution in [0, 0.1) is 20.8 Å². The smallest absolute Gasteiger partial charge is 0.262 e. The van der Waals surface area contributed by atoms with Crippen LogP contribution in [0.2, 0.25) is 0 Å². The van der Waals surface area contributed by atoms with E-state index in [2.05, 4.69) is 23.3 Å². The Hall–Kier alpha value is -3.32. The molecule has 2 heterocycles. The van der Waals surface area contributed by atoms with Crippen molar-refractivity contribution < 1.29 is 14.4 Å². The summed E-state index contributed by atoms with van der Waals surface area (Å²) in [7, 11) is 0. The number of nitrogens with zero attached hydrogens (tertiary/aromatic N) is 2. The van der Waals surface area contributed by atoms with E-state index in [1.54, 1.807) is 24.3 Å². The van der Waals surface area contributed by atoms with Gasteiger partial charge in [-0.15, -0.1) is 11.3 Å². The number of anilines is 1. The highest BCUT2D eigenvalue weighted by atomic mass is 32.1. The van der Waals surface area contributed by atoms with E-state index in [0.29, 0.717) is 16.3 Å². The molecule has 0 fully saturated rings. The molecule has 146 valence electrons. The zero-order valence-corrected chi connectivity index (χ0v) is 17.1. The van der Waals surface area contributed by atoms with Gasteiger partial charge in [0.25, 0.3) is 11.8 Å². The first-order chi connectivity index (χ1) is 13.8. The number of hydrogen-bond donors (Lipinski definition) is 1. The van der Waals surface area contributed by atoms with Crippen molar-refractivity contribution in [3.05, 3.63) is 69.6 Å². The molecule has 3 aromatic rings. The molecule has 2 aromatic carbocycles. The van der Waals surface area contributed by atoms with Crippen LogP contribution in [-0.4, -0.2) is 34.2 Å². The Kier molecular flexibility index (Phi) is 4.76. The third kappa shape index (κ3) is 3.45. The maximum absolute atomic E-state index is 12.5. The molecule has 1 aliphatic rings. The van der Waals surface area contributed by atoms with E-state index in [0.717, 1.165) is 21.0 Å². The van der Waals surface area contributed by atoms with E-state index in [4.69, 9.17) is 0 Å². The largest absolute Gasteiger partial charge is 0.300 e. The molecule has 29 heavy (non-hydrogen) atoms. The van der Waals surface area contributed by atoms with Crippen LogP contribution in [0.5, 0.6) is 0 Å². The summed E-state index contributed by atoms with van der Waals surface area (Å²) < 4.78 is 0. The van der Waals surface area contributed by atoms with Crippen molar-refractivity contribution in [3.63, 3.8) is 0 Å². The molecule has 6 nitrogen and oxygen atoms in total. The minimum atomic E-state index is -0.458. The van der Waals surface area contributed by atoms with Crippen LogP contribution in [0.1, 0.15) is 36.7 Å². The van der Waals surface area contributed by atoms with Crippen LogP contribution in [0.15, 0.2) is 42.5 Å². The third-order valence-electron chi connectivity index (χ3n) is 5.00. The number of hydrogen-bond acceptors (Lipinski definition) is 5. The summed E-state index contributed by atoms with van der Waals surface area (Å²) in [4.78, 5) is 43.8. The van der Waals surface area contributed by atoms with Crippen molar-refractivity contribution in [2.45, 2.75) is 20.8 Å². The molecule has 0 bridgehead atoms. The number of benzene rings is 2. The number of rotatable bonds is 4. The standard InChI is InChI=1S/C22H19N3O3S/c1-12-8-9-15(10-13(12)2)19-14(3)29-22(24-19)23-18(26)11-25-20(27)16-6-4-5-7-17(16)21(25)28/h4-10H,11H2,1-3H3,(H,23,24,26). The van der Waals surface area contributed by atoms with E-state index in [-0.39, 0.29) is 6.54 Å². The van der Waals surface area contributed by atoms with Gasteiger partial charge in [0.15, 0.2) is 5.13 Å². The molecule has 1 aromatic heterocycles. The Morgan fingerprint density at radius 2 is 1.66 bits per heavy atom. The average molecular weight is 405 g/mol. The van der Waals surface area contributed by atoms with E-state index in [1.807, 2.05) is 26.0 Å². The van der Waals surface area contributed by atoms with Crippen molar-refractivity contribution in [1.29, 1.82) is 0 Å². The second-order valence-electron chi connectivity index (χ2n) is 7.01. The lowest BCUT2D eigenvalue weighted by Crippen LogP contribution is -2.37. The average Bonchev–Trinajstić information content (AvgIpc) is 3.17. The van der Waals surface area contributed by atoms with Crippen LogP contribution >= 0.6 is 11.3 Å². The predicted octanol–water partition coefficient (Wildman–Crippen LogP) is 3.97. The zero-order chi connectivity index (χ0) is 20.7. The van der Waals surface area contributed by atoms with Crippen LogP contribution in [-0.2, 0) is 4.79 Å². The number of imide groups is 1. The minimum Gasteiger partial charge on any atom is -0.300 e. The SMILES string of the molecule is Cc1ccc(-c2nc(NC(=O)CN3C(=O)c4ccccc4C3=O)sc2C)cc1C. The van der Waals surface area contributed by atoms with Gasteiger partial charge >= 0.3 is 0 Å². The molecule has 1 aliphatic heterocycles. The summed E-state index contributed by atoms with van der Waals surface area (Å²) >= 11 is 1.36. The van der Waals surface area contributed by atoms with Gasteiger partial charge in [-0.3, -0.25) is 19.3 Å². The Morgan fingerprint density at radius 3 is 2.28 bits per heavy atom. The van der Waals surface area contributed by atoms with Gasteiger partial charge in [0.2, 0.25) is 5.91 Å². The monoisotopic (exact) mass is 405 g/mol. The molecule has 4 rings (SSSR count). The summed E-state index contributed by atoms with van der Waals surface area (Å²) in [6, 6.07) is 12.7. The highest BCUT2D eigenvalue weighted by Gasteiger charge is 2.36. The molecule has 0 saturated heterocycles. The fraction of sp³-hybridized carbons (Fsp3) is 0.182. The molecular formula is C22H19N3O3S. The number of aromatic nitrogens is 1. The molecule has 0 atom stereocenters. The van der Waals surface area contributed by atoms with Gasteiger partial charge < -0.3 is 5.32 Å². The van der Waals surface area contributed by atoms with Gasteiger partial charge in [-0.25, -0.2) is 4.98 Å². The molecule has 7 heteroatoms. The molecule has 3 amide bonds. The Labute approximate surface area is 172 Å². The van der Waals surface area contributed by atoms with Gasteiger partial charge in [0, 0.05) is 10.4 Å². The fourth-order valence-corrected chi connectivity index (χ4v) is 4.14. The molecule has 0 saturated carbocycles. The van der Waals surface area contributed by atoms with Gasteiger partial charge in [-0.1, -0.05) is 24.3 Å². The molecule has 0 spiro atoms. The van der Waals surface area contributed by atoms with Crippen LogP contribution < -0.4 is 5.32 Å². The summed E-state index contributed by atoms with van der Waals surface area (Å²) in [5.74, 6) is -1.36. The number of aryl methyl sites for hydroxylation is 3. The molecule has 1 N–H and O–H groups in total. The lowest BCUT2D eigenvalue weighted by atomic mass is 10.0. The lowest BCUT2D eigenvalue weighted by molar-refractivity contribution is -0.116. The molecule has 0 aliphatic carbocycles. The van der Waals surface area contributed by atoms with Gasteiger partial charge in [0.05, 0.1) is 16.8 Å². The van der Waals surface area contributed by atoms with Crippen molar-refractivity contribution in [2.75, 3.05) is 11.9 Å². The van der Waals surface area contributed by atoms with E-state index in [9.17, 15) is 14.4 Å². The van der Waals surface area contributed by atoms with Gasteiger partial charge in [0.1, 0.15) is 6.54 Å². The Balaban J connectivity index is 1.49. The number of fused-ring (bicyclic) bond motifs is 1. The topological polar surface area (TPSA) is 79.4 Å². The van der Waals surface area contributed by atoms with E-state index in [1.165, 1.54) is 22.5 Å². The second kappa shape index (κ2) is 7.25. The Bertz CT molecular complexity index is 1130. The van der Waals surface area contributed by atoms with E-state index < -0.39 is 17.7 Å². The zero-order valence-electron chi connectivity index (χ0n) is 16.3. The van der Waals surface area contributed by atoms with Crippen molar-refractivity contribution in [2.24, 2.45) is 0 Å². The number of thiazole rings is 1. The lowest BCUT2D eigenvalue weighted by Gasteiger charge is -2.12. The maximum Gasteiger partial charge on any atom is 0.262 e. The van der Waals surface area contributed by atoms with Crippen molar-refractivity contribution in [1.82, 2.24) is 9.88 Å². The Morgan fingerprint density at radius 1 is 1.00 bits per heavy atom. The van der Waals surface area contributed by atoms with Crippen molar-refractivity contribution >= 4 is 34.2 Å². The number of carbonyl (C=O) groups is 3. The van der Waals surface area contributed by atoms with Crippen LogP contribution in [0.4, 0.5) is 5.13 Å². The molecular weight excluding hydrogens is 386 g/mol. The minimum absolute atomic E-state index is 0.326. The first-order valence-electron chi connectivity index (χ1n) is 9.15. The fourth-order valence-electron chi connectivity index (χ4n) is 3.29. The van der Waals surface area contributed by atoms with Crippen LogP contribution in [0.25, 0.3) is 11.3 Å². The summed E-state index contributed by atoms with van der Waals surface area (Å²) in [6.45, 7) is 5.70. The number of amides is 3. The molecule has 0 unspecified atom stereocenters. The predicted molar refractivity (Wildman–Crippen MR) is 112 cm³/mol. The number of nitrogens with one attached hydrogen (secondary N) is 1. The highest BCUT2D eigenvalue weighted by Crippen LogP contribution is 2.31. The van der Waals surface area contributed by atoms with Gasteiger partial charge in [-0.2, -0.15) is 0 Å². The first-order valence-corrected chi connectivity index (χ1v) is 9.97. The van der Waals surface area contributed by atoms with E-state index >= 15 is 0 Å². The second-order valence-corrected chi connectivity index (χ2v) is 8.22. The summed E-state index contributed by atoms with van der Waals surface area (Å²) in [6.07, 6.45) is 0. The van der Waals surface area contributed by atoms with Gasteiger partial charge in [-0.05, 0) is 50.1 Å².